The number of hydrogen-bond donors (Lipinski definition) is 1. The molecule has 1 unspecified atom stereocenters. The summed E-state index contributed by atoms with van der Waals surface area (Å²) >= 11 is 1.41. The summed E-state index contributed by atoms with van der Waals surface area (Å²) < 4.78 is 7.50. The zero-order chi connectivity index (χ0) is 23.2. The van der Waals surface area contributed by atoms with Crippen molar-refractivity contribution < 1.29 is 9.53 Å². The molecule has 1 fully saturated rings. The second-order valence-corrected chi connectivity index (χ2v) is 9.33. The van der Waals surface area contributed by atoms with Crippen molar-refractivity contribution in [3.8, 4) is 5.69 Å². The summed E-state index contributed by atoms with van der Waals surface area (Å²) in [5.41, 5.74) is 4.47. The van der Waals surface area contributed by atoms with E-state index in [1.807, 2.05) is 29.7 Å². The molecule has 3 aromatic rings. The first-order chi connectivity index (χ1) is 16.0. The molecular formula is C25H31N5O2S. The summed E-state index contributed by atoms with van der Waals surface area (Å²) in [5.74, 6) is 1.06. The monoisotopic (exact) mass is 465 g/mol. The van der Waals surface area contributed by atoms with Gasteiger partial charge in [0.1, 0.15) is 5.82 Å². The van der Waals surface area contributed by atoms with Crippen molar-refractivity contribution in [2.45, 2.75) is 32.0 Å². The fourth-order valence-corrected chi connectivity index (χ4v) is 4.80. The standard InChI is InChI=1S/C25H31N5O2S/c1-18-9-10-19(2)23(15-18)30-20(3)27-28-25(30)33-17-24(31)26-22(21-7-5-4-6-8-21)16-29-11-13-32-14-12-29/h4-10,15,22H,11-14,16-17H2,1-3H3,(H,26,31). The van der Waals surface area contributed by atoms with E-state index < -0.39 is 0 Å². The molecule has 0 radical (unpaired) electrons. The Morgan fingerprint density at radius 3 is 2.61 bits per heavy atom. The second-order valence-electron chi connectivity index (χ2n) is 8.39. The first-order valence-corrected chi connectivity index (χ1v) is 12.3. The van der Waals surface area contributed by atoms with Gasteiger partial charge in [-0.25, -0.2) is 0 Å². The Morgan fingerprint density at radius 1 is 1.09 bits per heavy atom. The highest BCUT2D eigenvalue weighted by Gasteiger charge is 2.21. The lowest BCUT2D eigenvalue weighted by molar-refractivity contribution is -0.119. The van der Waals surface area contributed by atoms with Gasteiger partial charge in [-0.3, -0.25) is 14.3 Å². The van der Waals surface area contributed by atoms with Gasteiger partial charge in [0.25, 0.3) is 0 Å². The van der Waals surface area contributed by atoms with Crippen LogP contribution in [0, 0.1) is 20.8 Å². The van der Waals surface area contributed by atoms with Gasteiger partial charge in [-0.1, -0.05) is 54.2 Å². The third-order valence-corrected chi connectivity index (χ3v) is 6.74. The van der Waals surface area contributed by atoms with Crippen molar-refractivity contribution in [1.82, 2.24) is 25.0 Å². The number of hydrogen-bond acceptors (Lipinski definition) is 6. The van der Waals surface area contributed by atoms with Crippen LogP contribution in [0.4, 0.5) is 0 Å². The van der Waals surface area contributed by atoms with E-state index >= 15 is 0 Å². The van der Waals surface area contributed by atoms with Crippen LogP contribution in [0.1, 0.15) is 28.6 Å². The molecule has 0 bridgehead atoms. The van der Waals surface area contributed by atoms with Crippen molar-refractivity contribution in [1.29, 1.82) is 0 Å². The summed E-state index contributed by atoms with van der Waals surface area (Å²) in [5, 5.41) is 12.6. The Balaban J connectivity index is 1.45. The van der Waals surface area contributed by atoms with Crippen molar-refractivity contribution in [2.75, 3.05) is 38.6 Å². The molecule has 1 atom stereocenters. The number of carbonyl (C=O) groups excluding carboxylic acids is 1. The molecule has 1 aliphatic heterocycles. The molecule has 1 amide bonds. The van der Waals surface area contributed by atoms with E-state index in [-0.39, 0.29) is 17.7 Å². The minimum absolute atomic E-state index is 0.0183. The molecule has 0 spiro atoms. The molecule has 4 rings (SSSR count). The lowest BCUT2D eigenvalue weighted by Gasteiger charge is -2.31. The smallest absolute Gasteiger partial charge is 0.231 e. The number of ether oxygens (including phenoxy) is 1. The van der Waals surface area contributed by atoms with Gasteiger partial charge < -0.3 is 10.1 Å². The molecule has 174 valence electrons. The predicted octanol–water partition coefficient (Wildman–Crippen LogP) is 3.47. The maximum Gasteiger partial charge on any atom is 0.231 e. The van der Waals surface area contributed by atoms with Gasteiger partial charge in [-0.15, -0.1) is 10.2 Å². The Morgan fingerprint density at radius 2 is 1.85 bits per heavy atom. The average molecular weight is 466 g/mol. The van der Waals surface area contributed by atoms with Gasteiger partial charge in [0.15, 0.2) is 5.16 Å². The highest BCUT2D eigenvalue weighted by Crippen LogP contribution is 2.25. The van der Waals surface area contributed by atoms with E-state index in [2.05, 4.69) is 64.6 Å². The molecule has 0 aliphatic carbocycles. The summed E-state index contributed by atoms with van der Waals surface area (Å²) in [6.07, 6.45) is 0. The van der Waals surface area contributed by atoms with Crippen LogP contribution in [0.2, 0.25) is 0 Å². The minimum Gasteiger partial charge on any atom is -0.379 e. The van der Waals surface area contributed by atoms with E-state index in [1.54, 1.807) is 0 Å². The lowest BCUT2D eigenvalue weighted by Crippen LogP contribution is -2.43. The molecule has 1 aliphatic rings. The molecule has 33 heavy (non-hydrogen) atoms. The largest absolute Gasteiger partial charge is 0.379 e. The summed E-state index contributed by atoms with van der Waals surface area (Å²) in [7, 11) is 0. The summed E-state index contributed by atoms with van der Waals surface area (Å²) in [4.78, 5) is 15.3. The van der Waals surface area contributed by atoms with Crippen LogP contribution in [-0.4, -0.2) is 64.2 Å². The Bertz CT molecular complexity index is 1080. The van der Waals surface area contributed by atoms with Gasteiger partial charge >= 0.3 is 0 Å². The predicted molar refractivity (Wildman–Crippen MR) is 131 cm³/mol. The van der Waals surface area contributed by atoms with Crippen molar-refractivity contribution in [3.63, 3.8) is 0 Å². The number of rotatable bonds is 8. The Kier molecular flexibility index (Phi) is 7.80. The molecule has 1 saturated heterocycles. The van der Waals surface area contributed by atoms with E-state index in [1.165, 1.54) is 17.3 Å². The lowest BCUT2D eigenvalue weighted by atomic mass is 10.1. The van der Waals surface area contributed by atoms with E-state index in [0.717, 1.165) is 60.6 Å². The van der Waals surface area contributed by atoms with E-state index in [0.29, 0.717) is 0 Å². The zero-order valence-electron chi connectivity index (χ0n) is 19.5. The molecular weight excluding hydrogens is 434 g/mol. The van der Waals surface area contributed by atoms with Crippen molar-refractivity contribution in [3.05, 3.63) is 71.0 Å². The Hall–Kier alpha value is -2.68. The van der Waals surface area contributed by atoms with Gasteiger partial charge in [-0.05, 0) is 43.5 Å². The minimum atomic E-state index is -0.0731. The Labute approximate surface area is 199 Å². The number of aromatic nitrogens is 3. The highest BCUT2D eigenvalue weighted by atomic mass is 32.2. The molecule has 2 heterocycles. The van der Waals surface area contributed by atoms with Gasteiger partial charge in [-0.2, -0.15) is 0 Å². The molecule has 1 N–H and O–H groups in total. The van der Waals surface area contributed by atoms with E-state index in [9.17, 15) is 4.79 Å². The SMILES string of the molecule is Cc1ccc(C)c(-n2c(C)nnc2SCC(=O)NC(CN2CCOCC2)c2ccccc2)c1. The van der Waals surface area contributed by atoms with Gasteiger partial charge in [0.05, 0.1) is 30.7 Å². The van der Waals surface area contributed by atoms with E-state index in [4.69, 9.17) is 4.74 Å². The maximum absolute atomic E-state index is 13.0. The number of aryl methyl sites for hydroxylation is 3. The summed E-state index contributed by atoms with van der Waals surface area (Å²) in [6.45, 7) is 10.1. The number of nitrogens with one attached hydrogen (secondary N) is 1. The highest BCUT2D eigenvalue weighted by molar-refractivity contribution is 7.99. The third-order valence-electron chi connectivity index (χ3n) is 5.81. The second kappa shape index (κ2) is 11.0. The van der Waals surface area contributed by atoms with Crippen LogP contribution >= 0.6 is 11.8 Å². The number of carbonyl (C=O) groups is 1. The normalized spacial score (nSPS) is 15.4. The number of morpholine rings is 1. The first kappa shape index (κ1) is 23.5. The van der Waals surface area contributed by atoms with Crippen LogP contribution in [0.3, 0.4) is 0 Å². The van der Waals surface area contributed by atoms with Gasteiger partial charge in [0.2, 0.25) is 5.91 Å². The number of benzene rings is 2. The maximum atomic E-state index is 13.0. The van der Waals surface area contributed by atoms with Crippen molar-refractivity contribution >= 4 is 17.7 Å². The first-order valence-electron chi connectivity index (χ1n) is 11.3. The molecule has 0 saturated carbocycles. The van der Waals surface area contributed by atoms with Crippen LogP contribution in [0.5, 0.6) is 0 Å². The molecule has 2 aromatic carbocycles. The van der Waals surface area contributed by atoms with Crippen LogP contribution in [0.25, 0.3) is 5.69 Å². The van der Waals surface area contributed by atoms with Crippen molar-refractivity contribution in [2.24, 2.45) is 0 Å². The van der Waals surface area contributed by atoms with Crippen LogP contribution in [-0.2, 0) is 9.53 Å². The zero-order valence-corrected chi connectivity index (χ0v) is 20.3. The molecule has 1 aromatic heterocycles. The van der Waals surface area contributed by atoms with Gasteiger partial charge in [0, 0.05) is 19.6 Å². The number of amides is 1. The number of nitrogens with zero attached hydrogens (tertiary/aromatic N) is 4. The summed E-state index contributed by atoms with van der Waals surface area (Å²) in [6, 6.07) is 16.4. The van der Waals surface area contributed by atoms with Crippen LogP contribution < -0.4 is 5.32 Å². The third kappa shape index (κ3) is 6.01. The number of thioether (sulfide) groups is 1. The fourth-order valence-electron chi connectivity index (χ4n) is 4.00. The fraction of sp³-hybridized carbons (Fsp3) is 0.400. The quantitative estimate of drug-likeness (QED) is 0.514. The molecule has 7 nitrogen and oxygen atoms in total. The average Bonchev–Trinajstić information content (AvgIpc) is 3.20. The van der Waals surface area contributed by atoms with Crippen LogP contribution in [0.15, 0.2) is 53.7 Å². The topological polar surface area (TPSA) is 72.3 Å². The molecule has 8 heteroatoms.